The van der Waals surface area contributed by atoms with Gasteiger partial charge in [-0.05, 0) is 43.2 Å². The van der Waals surface area contributed by atoms with Crippen molar-refractivity contribution >= 4 is 28.9 Å². The number of piperidine rings is 1. The predicted molar refractivity (Wildman–Crippen MR) is 113 cm³/mol. The molecule has 1 aliphatic rings. The van der Waals surface area contributed by atoms with E-state index in [1.165, 1.54) is 30.4 Å². The highest BCUT2D eigenvalue weighted by Gasteiger charge is 2.36. The summed E-state index contributed by atoms with van der Waals surface area (Å²) in [6.45, 7) is 7.39. The molecule has 2 atom stereocenters. The van der Waals surface area contributed by atoms with Gasteiger partial charge in [-0.15, -0.1) is 11.3 Å². The maximum absolute atomic E-state index is 12.9. The number of carbonyl (C=O) groups is 2. The summed E-state index contributed by atoms with van der Waals surface area (Å²) in [5.74, 6) is 0.0355. The minimum Gasteiger partial charge on any atom is -1.00 e. The van der Waals surface area contributed by atoms with Gasteiger partial charge < -0.3 is 38.5 Å². The number of rotatable bonds is 6. The maximum atomic E-state index is 12.9. The number of methoxy groups -OCH3 is 1. The Bertz CT molecular complexity index is 840. The van der Waals surface area contributed by atoms with Crippen LogP contribution in [0.2, 0.25) is 0 Å². The highest BCUT2D eigenvalue weighted by molar-refractivity contribution is 7.12. The molecule has 3 rings (SSSR count). The van der Waals surface area contributed by atoms with Crippen LogP contribution in [0, 0.1) is 6.92 Å². The van der Waals surface area contributed by atoms with Crippen molar-refractivity contribution in [3.63, 3.8) is 0 Å². The van der Waals surface area contributed by atoms with E-state index >= 15 is 0 Å². The summed E-state index contributed by atoms with van der Waals surface area (Å²) < 4.78 is 5.62. The molecule has 1 N–H and O–H groups in total. The first-order chi connectivity index (χ1) is 13.5. The van der Waals surface area contributed by atoms with Crippen LogP contribution in [0.25, 0.3) is 0 Å². The van der Waals surface area contributed by atoms with Crippen molar-refractivity contribution in [3.05, 3.63) is 51.7 Å². The molecule has 0 bridgehead atoms. The monoisotopic (exact) mass is 528 g/mol. The van der Waals surface area contributed by atoms with E-state index in [-0.39, 0.29) is 29.9 Å². The molecule has 5 nitrogen and oxygen atoms in total. The van der Waals surface area contributed by atoms with Crippen LogP contribution in [0.5, 0.6) is 0 Å². The second-order valence-electron chi connectivity index (χ2n) is 7.63. The summed E-state index contributed by atoms with van der Waals surface area (Å²) in [6.07, 6.45) is 2.29. The average Bonchev–Trinajstić information content (AvgIpc) is 3.08. The van der Waals surface area contributed by atoms with Crippen LogP contribution in [-0.2, 0) is 9.53 Å². The molecule has 0 aliphatic carbocycles. The number of benzene rings is 1. The summed E-state index contributed by atoms with van der Waals surface area (Å²) in [4.78, 5) is 25.4. The number of aryl methyl sites for hydroxylation is 1. The predicted octanol–water partition coefficient (Wildman–Crippen LogP) is 1.20. The maximum Gasteiger partial charge on any atom is 0.350 e. The zero-order valence-corrected chi connectivity index (χ0v) is 20.2. The third kappa shape index (κ3) is 5.58. The van der Waals surface area contributed by atoms with Gasteiger partial charge in [0.25, 0.3) is 5.91 Å². The number of ether oxygens (including phenoxy) is 1. The molecule has 1 aliphatic heterocycles. The van der Waals surface area contributed by atoms with Gasteiger partial charge in [0.1, 0.15) is 4.88 Å². The summed E-state index contributed by atoms with van der Waals surface area (Å²) in [5, 5.41) is 4.86. The lowest BCUT2D eigenvalue weighted by molar-refractivity contribution is -0.924. The van der Waals surface area contributed by atoms with Crippen LogP contribution >= 0.6 is 11.3 Å². The summed E-state index contributed by atoms with van der Waals surface area (Å²) in [7, 11) is 1.36. The molecule has 29 heavy (non-hydrogen) atoms. The van der Waals surface area contributed by atoms with E-state index in [2.05, 4.69) is 36.5 Å². The van der Waals surface area contributed by atoms with Gasteiger partial charge in [0.2, 0.25) is 0 Å². The van der Waals surface area contributed by atoms with Gasteiger partial charge in [-0.2, -0.15) is 0 Å². The van der Waals surface area contributed by atoms with E-state index in [1.807, 2.05) is 18.4 Å². The molecule has 1 saturated heterocycles. The number of nitrogens with zero attached hydrogens (tertiary/aromatic N) is 1. The molecule has 2 aromatic rings. The number of esters is 1. The van der Waals surface area contributed by atoms with Crippen LogP contribution in [0.15, 0.2) is 35.7 Å². The second-order valence-corrected chi connectivity index (χ2v) is 8.51. The van der Waals surface area contributed by atoms with Crippen LogP contribution < -0.4 is 29.3 Å². The number of anilines is 1. The van der Waals surface area contributed by atoms with Crippen molar-refractivity contribution in [1.82, 2.24) is 0 Å². The van der Waals surface area contributed by atoms with E-state index in [4.69, 9.17) is 4.74 Å². The highest BCUT2D eigenvalue weighted by atomic mass is 127. The topological polar surface area (TPSA) is 55.4 Å². The van der Waals surface area contributed by atoms with Gasteiger partial charge in [0.05, 0.1) is 32.4 Å². The van der Waals surface area contributed by atoms with E-state index in [1.54, 1.807) is 0 Å². The number of nitrogens with one attached hydrogen (secondary N) is 1. The van der Waals surface area contributed by atoms with Crippen molar-refractivity contribution < 1.29 is 42.8 Å². The van der Waals surface area contributed by atoms with Gasteiger partial charge in [-0.1, -0.05) is 30.3 Å². The Hall–Kier alpha value is -1.45. The van der Waals surface area contributed by atoms with Gasteiger partial charge in [0.15, 0.2) is 6.54 Å². The Labute approximate surface area is 194 Å². The number of quaternary nitrogens is 1. The molecule has 2 heterocycles. The molecular formula is C22H29IN2O3S. The number of hydrogen-bond acceptors (Lipinski definition) is 4. The number of likely N-dealkylation sites (N-methyl/N-ethyl adjacent to an activating group) is 1. The zero-order valence-electron chi connectivity index (χ0n) is 17.2. The third-order valence-corrected chi connectivity index (χ3v) is 6.90. The molecule has 1 aromatic carbocycles. The third-order valence-electron chi connectivity index (χ3n) is 5.82. The molecular weight excluding hydrogens is 499 g/mol. The summed E-state index contributed by atoms with van der Waals surface area (Å²) >= 11 is 1.31. The Morgan fingerprint density at radius 3 is 2.66 bits per heavy atom. The van der Waals surface area contributed by atoms with Crippen molar-refractivity contribution in [2.75, 3.05) is 38.6 Å². The standard InChI is InChI=1S/C22H28N2O3S.HI/c1-4-24(12-8-11-18(13-24)17-9-6-5-7-10-17)14-19(25)23-20-16(2)15-28-21(20)22(26)27-3;/h5-7,9-10,15,18H,4,8,11-14H2,1-3H3;1H. The van der Waals surface area contributed by atoms with Crippen LogP contribution in [0.3, 0.4) is 0 Å². The van der Waals surface area contributed by atoms with Gasteiger partial charge >= 0.3 is 5.97 Å². The molecule has 1 amide bonds. The lowest BCUT2D eigenvalue weighted by Gasteiger charge is -2.43. The quantitative estimate of drug-likeness (QED) is 0.349. The first-order valence-corrected chi connectivity index (χ1v) is 10.7. The highest BCUT2D eigenvalue weighted by Crippen LogP contribution is 2.32. The molecule has 2 unspecified atom stereocenters. The van der Waals surface area contributed by atoms with Crippen LogP contribution in [-0.4, -0.2) is 49.6 Å². The fourth-order valence-electron chi connectivity index (χ4n) is 4.19. The fraction of sp³-hybridized carbons (Fsp3) is 0.455. The van der Waals surface area contributed by atoms with Crippen molar-refractivity contribution in [1.29, 1.82) is 0 Å². The first-order valence-electron chi connectivity index (χ1n) is 9.84. The van der Waals surface area contributed by atoms with E-state index in [9.17, 15) is 9.59 Å². The van der Waals surface area contributed by atoms with Gasteiger partial charge in [0, 0.05) is 5.92 Å². The van der Waals surface area contributed by atoms with Gasteiger partial charge in [-0.3, -0.25) is 4.79 Å². The second kappa shape index (κ2) is 10.5. The Balaban J connectivity index is 0.00000300. The molecule has 0 radical (unpaired) electrons. The molecule has 158 valence electrons. The average molecular weight is 528 g/mol. The zero-order chi connectivity index (χ0) is 20.1. The largest absolute Gasteiger partial charge is 1.00 e. The Morgan fingerprint density at radius 1 is 1.28 bits per heavy atom. The van der Waals surface area contributed by atoms with Gasteiger partial charge in [-0.25, -0.2) is 4.79 Å². The molecule has 1 fully saturated rings. The molecule has 0 saturated carbocycles. The summed E-state index contributed by atoms with van der Waals surface area (Å²) in [6, 6.07) is 10.6. The van der Waals surface area contributed by atoms with Crippen molar-refractivity contribution in [3.8, 4) is 0 Å². The Kier molecular flexibility index (Phi) is 8.66. The van der Waals surface area contributed by atoms with Crippen LogP contribution in [0.4, 0.5) is 5.69 Å². The van der Waals surface area contributed by atoms with Crippen LogP contribution in [0.1, 0.15) is 46.5 Å². The summed E-state index contributed by atoms with van der Waals surface area (Å²) in [5.41, 5.74) is 2.84. The minimum atomic E-state index is -0.407. The molecule has 1 aromatic heterocycles. The normalized spacial score (nSPS) is 21.1. The number of likely N-dealkylation sites (tertiary alicyclic amines) is 1. The van der Waals surface area contributed by atoms with Crippen molar-refractivity contribution in [2.45, 2.75) is 32.6 Å². The number of hydrogen-bond donors (Lipinski definition) is 1. The first kappa shape index (κ1) is 23.8. The van der Waals surface area contributed by atoms with E-state index in [0.29, 0.717) is 23.0 Å². The van der Waals surface area contributed by atoms with Crippen molar-refractivity contribution in [2.24, 2.45) is 0 Å². The fourth-order valence-corrected chi connectivity index (χ4v) is 5.11. The smallest absolute Gasteiger partial charge is 0.350 e. The SMILES string of the molecule is CC[N+]1(CC(=O)Nc2c(C)csc2C(=O)OC)CCCC(c2ccccc2)C1.[I-]. The number of amides is 1. The number of thiophene rings is 1. The minimum absolute atomic E-state index is 0. The number of halogens is 1. The molecule has 0 spiro atoms. The van der Waals surface area contributed by atoms with E-state index < -0.39 is 5.97 Å². The Morgan fingerprint density at radius 2 is 2.00 bits per heavy atom. The lowest BCUT2D eigenvalue weighted by Crippen LogP contribution is -3.00. The number of carbonyl (C=O) groups excluding carboxylic acids is 2. The van der Waals surface area contributed by atoms with E-state index in [0.717, 1.165) is 36.1 Å². The molecule has 7 heteroatoms. The lowest BCUT2D eigenvalue weighted by atomic mass is 9.89.